The van der Waals surface area contributed by atoms with Crippen molar-refractivity contribution in [3.63, 3.8) is 0 Å². The van der Waals surface area contributed by atoms with Crippen LogP contribution in [0.15, 0.2) is 84.9 Å². The van der Waals surface area contributed by atoms with Crippen LogP contribution in [0.1, 0.15) is 29.5 Å². The van der Waals surface area contributed by atoms with Gasteiger partial charge in [0, 0.05) is 6.42 Å². The van der Waals surface area contributed by atoms with Gasteiger partial charge < -0.3 is 14.2 Å². The van der Waals surface area contributed by atoms with Gasteiger partial charge in [0.2, 0.25) is 0 Å². The van der Waals surface area contributed by atoms with Crippen LogP contribution >= 0.6 is 0 Å². The molecular weight excluding hydrogens is 568 g/mol. The molecule has 0 radical (unpaired) electrons. The molecule has 11 heteroatoms. The summed E-state index contributed by atoms with van der Waals surface area (Å²) in [6, 6.07) is 26.8. The van der Waals surface area contributed by atoms with Crippen molar-refractivity contribution in [2.75, 3.05) is 26.2 Å². The molecule has 0 heterocycles. The maximum absolute atomic E-state index is 12.2. The zero-order valence-electron chi connectivity index (χ0n) is 23.5. The van der Waals surface area contributed by atoms with Crippen LogP contribution in [0.25, 0.3) is 0 Å². The highest BCUT2D eigenvalue weighted by atomic mass is 32.2. The topological polar surface area (TPSA) is 114 Å². The molecule has 224 valence electrons. The molecule has 41 heavy (non-hydrogen) atoms. The minimum absolute atomic E-state index is 0.151. The maximum Gasteiger partial charge on any atom is 0.264 e. The van der Waals surface area contributed by atoms with Gasteiger partial charge in [0.05, 0.1) is 51.6 Å². The zero-order chi connectivity index (χ0) is 29.7. The van der Waals surface area contributed by atoms with Crippen molar-refractivity contribution < 1.29 is 39.4 Å². The van der Waals surface area contributed by atoms with E-state index in [-0.39, 0.29) is 19.1 Å². The van der Waals surface area contributed by atoms with E-state index in [0.717, 1.165) is 35.0 Å². The summed E-state index contributed by atoms with van der Waals surface area (Å²) in [6.07, 6.45) is 0.794. The normalized spacial score (nSPS) is 14.3. The molecule has 3 atom stereocenters. The first-order valence-corrected chi connectivity index (χ1v) is 16.8. The van der Waals surface area contributed by atoms with Gasteiger partial charge in [-0.1, -0.05) is 72.8 Å². The number of aryl methyl sites for hydroxylation is 1. The van der Waals surface area contributed by atoms with Gasteiger partial charge in [-0.25, -0.2) is 0 Å². The lowest BCUT2D eigenvalue weighted by Crippen LogP contribution is -2.40. The molecule has 0 unspecified atom stereocenters. The van der Waals surface area contributed by atoms with E-state index in [9.17, 15) is 16.8 Å². The molecule has 0 aromatic heterocycles. The molecule has 3 rings (SSSR count). The first-order valence-electron chi connectivity index (χ1n) is 13.2. The summed E-state index contributed by atoms with van der Waals surface area (Å²) >= 11 is 0. The Labute approximate surface area is 243 Å². The second-order valence-corrected chi connectivity index (χ2v) is 12.9. The molecule has 0 spiro atoms. The van der Waals surface area contributed by atoms with Crippen molar-refractivity contribution in [1.29, 1.82) is 0 Å². The molecule has 0 saturated heterocycles. The highest BCUT2D eigenvalue weighted by molar-refractivity contribution is 7.86. The largest absolute Gasteiger partial charge is 0.497 e. The van der Waals surface area contributed by atoms with Gasteiger partial charge in [-0.3, -0.25) is 8.37 Å². The van der Waals surface area contributed by atoms with Crippen LogP contribution in [0.4, 0.5) is 0 Å². The first-order chi connectivity index (χ1) is 19.5. The smallest absolute Gasteiger partial charge is 0.264 e. The lowest BCUT2D eigenvalue weighted by molar-refractivity contribution is -0.0817. The van der Waals surface area contributed by atoms with Gasteiger partial charge in [-0.15, -0.1) is 0 Å². The van der Waals surface area contributed by atoms with E-state index < -0.39 is 39.1 Å². The summed E-state index contributed by atoms with van der Waals surface area (Å²) < 4.78 is 76.0. The van der Waals surface area contributed by atoms with Crippen molar-refractivity contribution in [1.82, 2.24) is 0 Å². The lowest BCUT2D eigenvalue weighted by atomic mass is 10.00. The Hall–Kier alpha value is -2.80. The first kappa shape index (κ1) is 32.7. The molecular formula is C30H38O9S2. The fourth-order valence-electron chi connectivity index (χ4n) is 4.15. The van der Waals surface area contributed by atoms with E-state index in [1.54, 1.807) is 7.11 Å². The van der Waals surface area contributed by atoms with Crippen LogP contribution in [0.2, 0.25) is 0 Å². The molecule has 0 aliphatic heterocycles. The second-order valence-electron chi connectivity index (χ2n) is 9.70. The second kappa shape index (κ2) is 16.0. The molecule has 0 N–H and O–H groups in total. The molecule has 0 amide bonds. The molecule has 0 aliphatic rings. The Kier molecular flexibility index (Phi) is 12.8. The fraction of sp³-hybridized carbons (Fsp3) is 0.400. The Bertz CT molecular complexity index is 1380. The molecule has 0 aliphatic carbocycles. The van der Waals surface area contributed by atoms with Gasteiger partial charge >= 0.3 is 0 Å². The summed E-state index contributed by atoms with van der Waals surface area (Å²) in [5, 5.41) is 0. The zero-order valence-corrected chi connectivity index (χ0v) is 25.2. The third kappa shape index (κ3) is 13.2. The highest BCUT2D eigenvalue weighted by Gasteiger charge is 2.31. The average Bonchev–Trinajstić information content (AvgIpc) is 2.95. The summed E-state index contributed by atoms with van der Waals surface area (Å²) in [6.45, 7) is -0.0515. The van der Waals surface area contributed by atoms with Crippen molar-refractivity contribution in [2.24, 2.45) is 0 Å². The van der Waals surface area contributed by atoms with Crippen molar-refractivity contribution >= 4 is 20.2 Å². The molecule has 9 nitrogen and oxygen atoms in total. The molecule has 3 aromatic carbocycles. The summed E-state index contributed by atoms with van der Waals surface area (Å²) in [7, 11) is -6.24. The SMILES string of the molecule is COc1ccc(CC[C@@H](C[C@H](OCc2ccccc2)[C@@H](COS(C)(=O)=O)OS(C)(=O)=O)OCc2ccccc2)cc1. The predicted octanol–water partition coefficient (Wildman–Crippen LogP) is 4.51. The molecule has 0 saturated carbocycles. The van der Waals surface area contributed by atoms with Crippen molar-refractivity contribution in [2.45, 2.75) is 50.8 Å². The Morgan fingerprint density at radius 2 is 1.22 bits per heavy atom. The number of benzene rings is 3. The number of hydrogen-bond acceptors (Lipinski definition) is 9. The van der Waals surface area contributed by atoms with Crippen molar-refractivity contribution in [3.8, 4) is 5.75 Å². The minimum atomic E-state index is -3.98. The summed E-state index contributed by atoms with van der Waals surface area (Å²) in [5.74, 6) is 0.756. The number of ether oxygens (including phenoxy) is 3. The van der Waals surface area contributed by atoms with E-state index in [2.05, 4.69) is 0 Å². The maximum atomic E-state index is 12.2. The predicted molar refractivity (Wildman–Crippen MR) is 156 cm³/mol. The molecule has 0 fully saturated rings. The minimum Gasteiger partial charge on any atom is -0.497 e. The number of hydrogen-bond donors (Lipinski definition) is 0. The summed E-state index contributed by atoms with van der Waals surface area (Å²) in [4.78, 5) is 0. The Morgan fingerprint density at radius 3 is 1.73 bits per heavy atom. The van der Waals surface area contributed by atoms with Crippen LogP contribution in [0.5, 0.6) is 5.75 Å². The molecule has 0 bridgehead atoms. The van der Waals surface area contributed by atoms with Crippen LogP contribution in [-0.2, 0) is 57.7 Å². The molecule has 3 aromatic rings. The van der Waals surface area contributed by atoms with Crippen molar-refractivity contribution in [3.05, 3.63) is 102 Å². The van der Waals surface area contributed by atoms with Gasteiger partial charge in [-0.05, 0) is 41.7 Å². The summed E-state index contributed by atoms with van der Waals surface area (Å²) in [5.41, 5.74) is 2.91. The Balaban J connectivity index is 1.85. The van der Waals surface area contributed by atoms with E-state index in [1.807, 2.05) is 84.9 Å². The third-order valence-electron chi connectivity index (χ3n) is 6.20. The van der Waals surface area contributed by atoms with Crippen LogP contribution < -0.4 is 4.74 Å². The highest BCUT2D eigenvalue weighted by Crippen LogP contribution is 2.23. The van der Waals surface area contributed by atoms with Gasteiger partial charge in [0.25, 0.3) is 20.2 Å². The van der Waals surface area contributed by atoms with Crippen LogP contribution in [0, 0.1) is 0 Å². The van der Waals surface area contributed by atoms with E-state index in [4.69, 9.17) is 22.6 Å². The van der Waals surface area contributed by atoms with E-state index in [1.165, 1.54) is 0 Å². The average molecular weight is 607 g/mol. The van der Waals surface area contributed by atoms with E-state index in [0.29, 0.717) is 19.4 Å². The number of methoxy groups -OCH3 is 1. The van der Waals surface area contributed by atoms with Crippen LogP contribution in [0.3, 0.4) is 0 Å². The third-order valence-corrected chi connectivity index (χ3v) is 7.37. The van der Waals surface area contributed by atoms with Crippen LogP contribution in [-0.4, -0.2) is 61.4 Å². The Morgan fingerprint density at radius 1 is 0.659 bits per heavy atom. The lowest BCUT2D eigenvalue weighted by Gasteiger charge is -2.30. The number of rotatable bonds is 18. The monoisotopic (exact) mass is 606 g/mol. The van der Waals surface area contributed by atoms with Gasteiger partial charge in [0.15, 0.2) is 0 Å². The standard InChI is InChI=1S/C30H38O9S2/c1-35-27-17-14-24(15-18-27)16-19-28(36-21-25-10-6-4-7-11-25)20-29(37-22-26-12-8-5-9-13-26)30(39-41(3,33)34)23-38-40(2,31)32/h4-15,17-18,28-30H,16,19-23H2,1-3H3/t28-,29-,30+/m0/s1. The quantitative estimate of drug-likeness (QED) is 0.193. The van der Waals surface area contributed by atoms with E-state index >= 15 is 0 Å². The fourth-order valence-corrected chi connectivity index (χ4v) is 5.16. The van der Waals surface area contributed by atoms with Gasteiger partial charge in [0.1, 0.15) is 11.9 Å². The van der Waals surface area contributed by atoms with Gasteiger partial charge in [-0.2, -0.15) is 16.8 Å².